The van der Waals surface area contributed by atoms with Gasteiger partial charge in [0.15, 0.2) is 0 Å². The van der Waals surface area contributed by atoms with Crippen LogP contribution in [0.15, 0.2) is 5.51 Å². The number of carbonyl (C=O) groups excluding carboxylic acids is 1. The lowest BCUT2D eigenvalue weighted by atomic mass is 9.90. The highest BCUT2D eigenvalue weighted by atomic mass is 32.1. The van der Waals surface area contributed by atoms with Gasteiger partial charge in [-0.1, -0.05) is 20.8 Å². The van der Waals surface area contributed by atoms with Crippen molar-refractivity contribution in [1.29, 1.82) is 0 Å². The Kier molecular flexibility index (Phi) is 4.81. The summed E-state index contributed by atoms with van der Waals surface area (Å²) in [7, 11) is 1.97. The molecule has 0 aromatic carbocycles. The van der Waals surface area contributed by atoms with Gasteiger partial charge in [-0.25, -0.2) is 4.98 Å². The minimum absolute atomic E-state index is 0.0782. The van der Waals surface area contributed by atoms with Crippen LogP contribution < -0.4 is 5.32 Å². The Balaban J connectivity index is 2.13. The Bertz CT molecular complexity index is 462. The van der Waals surface area contributed by atoms with E-state index in [1.54, 1.807) is 5.51 Å². The molecule has 1 N–H and O–H groups in total. The Labute approximate surface area is 125 Å². The third-order valence-electron chi connectivity index (χ3n) is 3.77. The van der Waals surface area contributed by atoms with Crippen molar-refractivity contribution in [3.63, 3.8) is 0 Å². The van der Waals surface area contributed by atoms with Crippen molar-refractivity contribution in [1.82, 2.24) is 15.2 Å². The highest BCUT2D eigenvalue weighted by Gasteiger charge is 2.30. The molecule has 1 aromatic heterocycles. The number of likely N-dealkylation sites (tertiary alicyclic amines) is 1. The summed E-state index contributed by atoms with van der Waals surface area (Å²) in [5.41, 5.74) is 2.65. The zero-order chi connectivity index (χ0) is 14.8. The number of amides is 1. The Morgan fingerprint density at radius 3 is 2.95 bits per heavy atom. The quantitative estimate of drug-likeness (QED) is 0.932. The van der Waals surface area contributed by atoms with Gasteiger partial charge in [-0.15, -0.1) is 11.3 Å². The maximum atomic E-state index is 12.8. The van der Waals surface area contributed by atoms with Gasteiger partial charge >= 0.3 is 0 Å². The molecule has 0 saturated carbocycles. The van der Waals surface area contributed by atoms with Gasteiger partial charge in [-0.2, -0.15) is 0 Å². The summed E-state index contributed by atoms with van der Waals surface area (Å²) in [6.45, 7) is 9.05. The number of nitrogens with zero attached hydrogens (tertiary/aromatic N) is 2. The van der Waals surface area contributed by atoms with Crippen molar-refractivity contribution in [2.75, 3.05) is 26.7 Å². The van der Waals surface area contributed by atoms with Crippen LogP contribution in [0.5, 0.6) is 0 Å². The van der Waals surface area contributed by atoms with E-state index >= 15 is 0 Å². The van der Waals surface area contributed by atoms with Crippen LogP contribution in [0.25, 0.3) is 0 Å². The molecule has 1 fully saturated rings. The van der Waals surface area contributed by atoms with E-state index in [4.69, 9.17) is 0 Å². The zero-order valence-corrected chi connectivity index (χ0v) is 13.7. The smallest absolute Gasteiger partial charge is 0.265 e. The molecule has 1 amide bonds. The molecular formula is C15H25N3OS. The van der Waals surface area contributed by atoms with Gasteiger partial charge < -0.3 is 10.2 Å². The fraction of sp³-hybridized carbons (Fsp3) is 0.733. The number of nitrogens with one attached hydrogen (secondary N) is 1. The largest absolute Gasteiger partial charge is 0.338 e. The van der Waals surface area contributed by atoms with E-state index in [0.29, 0.717) is 5.92 Å². The van der Waals surface area contributed by atoms with E-state index in [-0.39, 0.29) is 11.3 Å². The van der Waals surface area contributed by atoms with Crippen LogP contribution in [-0.2, 0) is 5.41 Å². The third kappa shape index (κ3) is 3.38. The molecule has 0 aliphatic carbocycles. The lowest BCUT2D eigenvalue weighted by molar-refractivity contribution is 0.0676. The van der Waals surface area contributed by atoms with Crippen LogP contribution in [-0.4, -0.2) is 42.5 Å². The van der Waals surface area contributed by atoms with Crippen molar-refractivity contribution in [2.45, 2.75) is 39.0 Å². The fourth-order valence-corrected chi connectivity index (χ4v) is 3.74. The van der Waals surface area contributed by atoms with Crippen LogP contribution in [0.2, 0.25) is 0 Å². The molecular weight excluding hydrogens is 270 g/mol. The van der Waals surface area contributed by atoms with Crippen molar-refractivity contribution in [2.24, 2.45) is 5.92 Å². The summed E-state index contributed by atoms with van der Waals surface area (Å²) in [6.07, 6.45) is 2.31. The van der Waals surface area contributed by atoms with E-state index in [9.17, 15) is 4.79 Å². The minimum atomic E-state index is -0.0782. The lowest BCUT2D eigenvalue weighted by Gasteiger charge is -2.33. The van der Waals surface area contributed by atoms with Crippen LogP contribution in [0.3, 0.4) is 0 Å². The Morgan fingerprint density at radius 1 is 1.55 bits per heavy atom. The molecule has 0 spiro atoms. The second kappa shape index (κ2) is 6.22. The van der Waals surface area contributed by atoms with E-state index in [1.165, 1.54) is 17.8 Å². The summed E-state index contributed by atoms with van der Waals surface area (Å²) in [5, 5.41) is 3.22. The molecule has 1 aliphatic rings. The average Bonchev–Trinajstić information content (AvgIpc) is 2.87. The van der Waals surface area contributed by atoms with Gasteiger partial charge in [0.1, 0.15) is 4.88 Å². The predicted octanol–water partition coefficient (Wildman–Crippen LogP) is 2.51. The normalized spacial score (nSPS) is 20.2. The van der Waals surface area contributed by atoms with Gasteiger partial charge in [0, 0.05) is 18.5 Å². The monoisotopic (exact) mass is 295 g/mol. The number of piperidine rings is 1. The molecule has 5 heteroatoms. The first kappa shape index (κ1) is 15.4. The first-order chi connectivity index (χ1) is 9.43. The number of thiazole rings is 1. The number of hydrogen-bond donors (Lipinski definition) is 1. The van der Waals surface area contributed by atoms with Crippen LogP contribution in [0.1, 0.15) is 49.0 Å². The number of aromatic nitrogens is 1. The topological polar surface area (TPSA) is 45.2 Å². The number of carbonyl (C=O) groups is 1. The highest BCUT2D eigenvalue weighted by molar-refractivity contribution is 7.11. The molecule has 0 radical (unpaired) electrons. The molecule has 1 atom stereocenters. The number of hydrogen-bond acceptors (Lipinski definition) is 4. The van der Waals surface area contributed by atoms with Gasteiger partial charge in [-0.3, -0.25) is 4.79 Å². The predicted molar refractivity (Wildman–Crippen MR) is 83.4 cm³/mol. The summed E-state index contributed by atoms with van der Waals surface area (Å²) >= 11 is 1.47. The highest BCUT2D eigenvalue weighted by Crippen LogP contribution is 2.29. The molecule has 2 heterocycles. The van der Waals surface area contributed by atoms with Crippen molar-refractivity contribution in [3.05, 3.63) is 16.1 Å². The minimum Gasteiger partial charge on any atom is -0.338 e. The lowest BCUT2D eigenvalue weighted by Crippen LogP contribution is -2.42. The first-order valence-electron chi connectivity index (χ1n) is 7.31. The van der Waals surface area contributed by atoms with E-state index in [0.717, 1.165) is 36.6 Å². The second-order valence-corrected chi connectivity index (χ2v) is 7.45. The Hall–Kier alpha value is -0.940. The molecule has 2 rings (SSSR count). The molecule has 112 valence electrons. The maximum absolute atomic E-state index is 12.8. The zero-order valence-electron chi connectivity index (χ0n) is 12.9. The van der Waals surface area contributed by atoms with Crippen LogP contribution in [0.4, 0.5) is 0 Å². The molecule has 4 nitrogen and oxygen atoms in total. The van der Waals surface area contributed by atoms with Crippen molar-refractivity contribution in [3.8, 4) is 0 Å². The van der Waals surface area contributed by atoms with E-state index in [1.807, 2.05) is 11.9 Å². The van der Waals surface area contributed by atoms with Crippen molar-refractivity contribution >= 4 is 17.2 Å². The van der Waals surface area contributed by atoms with E-state index < -0.39 is 0 Å². The molecule has 20 heavy (non-hydrogen) atoms. The molecule has 0 bridgehead atoms. The summed E-state index contributed by atoms with van der Waals surface area (Å²) in [4.78, 5) is 20.0. The molecule has 1 aliphatic heterocycles. The summed E-state index contributed by atoms with van der Waals surface area (Å²) in [6, 6.07) is 0. The van der Waals surface area contributed by atoms with Gasteiger partial charge in [0.05, 0.1) is 11.2 Å². The average molecular weight is 295 g/mol. The van der Waals surface area contributed by atoms with Crippen LogP contribution in [0, 0.1) is 5.92 Å². The summed E-state index contributed by atoms with van der Waals surface area (Å²) < 4.78 is 0. The van der Waals surface area contributed by atoms with E-state index in [2.05, 4.69) is 31.1 Å². The second-order valence-electron chi connectivity index (χ2n) is 6.60. The SMILES string of the molecule is CNCC1CCCN(C(=O)c2scnc2C(C)(C)C)C1. The third-order valence-corrected chi connectivity index (χ3v) is 4.59. The first-order valence-corrected chi connectivity index (χ1v) is 8.19. The van der Waals surface area contributed by atoms with Gasteiger partial charge in [0.25, 0.3) is 5.91 Å². The van der Waals surface area contributed by atoms with Crippen molar-refractivity contribution < 1.29 is 4.79 Å². The van der Waals surface area contributed by atoms with Crippen LogP contribution >= 0.6 is 11.3 Å². The Morgan fingerprint density at radius 2 is 2.30 bits per heavy atom. The summed E-state index contributed by atoms with van der Waals surface area (Å²) in [5.74, 6) is 0.738. The van der Waals surface area contributed by atoms with Gasteiger partial charge in [-0.05, 0) is 32.4 Å². The maximum Gasteiger partial charge on any atom is 0.265 e. The molecule has 1 aromatic rings. The van der Waals surface area contributed by atoms with Gasteiger partial charge in [0.2, 0.25) is 0 Å². The molecule has 1 saturated heterocycles. The number of rotatable bonds is 3. The standard InChI is InChI=1S/C15H25N3OS/c1-15(2,3)13-12(20-10-17-13)14(19)18-7-5-6-11(9-18)8-16-4/h10-11,16H,5-9H2,1-4H3. The fourth-order valence-electron chi connectivity index (χ4n) is 2.78. The molecule has 1 unspecified atom stereocenters.